The molecule has 0 unspecified atom stereocenters. The Balaban J connectivity index is 1.51. The molecule has 0 saturated carbocycles. The van der Waals surface area contributed by atoms with Crippen molar-refractivity contribution in [1.82, 2.24) is 31.0 Å². The van der Waals surface area contributed by atoms with E-state index in [1.165, 1.54) is 5.01 Å². The molecule has 4 heterocycles. The monoisotopic (exact) mass is 690 g/mol. The number of fused-ring (bicyclic) bond motifs is 4. The SMILES string of the molecule is CC(C)[C@@H]1OC(=O)C2(/C=C\c3ccc4ccc(nc4c3)[C@@H](C)NC(=O)[C@@H]3CCCN(N3)C(=O)[C@H](C)NC1=O)CCN(C(=O)OC(C)(C)C)CC2. The van der Waals surface area contributed by atoms with E-state index in [2.05, 4.69) is 16.1 Å². The lowest BCUT2D eigenvalue weighted by Gasteiger charge is -2.39. The second kappa shape index (κ2) is 14.8. The molecule has 3 aliphatic rings. The van der Waals surface area contributed by atoms with Gasteiger partial charge in [-0.3, -0.25) is 29.2 Å². The number of piperidine rings is 1. The zero-order valence-corrected chi connectivity index (χ0v) is 30.1. The Kier molecular flexibility index (Phi) is 10.8. The van der Waals surface area contributed by atoms with Crippen LogP contribution in [-0.2, 0) is 28.7 Å². The van der Waals surface area contributed by atoms with Gasteiger partial charge in [-0.1, -0.05) is 44.2 Å². The van der Waals surface area contributed by atoms with Gasteiger partial charge < -0.3 is 25.0 Å². The van der Waals surface area contributed by atoms with Crippen LogP contribution in [0.2, 0.25) is 0 Å². The number of likely N-dealkylation sites (tertiary alicyclic amines) is 1. The predicted molar refractivity (Wildman–Crippen MR) is 187 cm³/mol. The number of aromatic nitrogens is 1. The van der Waals surface area contributed by atoms with Gasteiger partial charge in [-0.15, -0.1) is 0 Å². The van der Waals surface area contributed by atoms with Crippen LogP contribution in [0.25, 0.3) is 17.0 Å². The second-order valence-corrected chi connectivity index (χ2v) is 15.0. The zero-order chi connectivity index (χ0) is 36.4. The summed E-state index contributed by atoms with van der Waals surface area (Å²) < 4.78 is 11.6. The van der Waals surface area contributed by atoms with Crippen molar-refractivity contribution in [3.05, 3.63) is 47.7 Å². The van der Waals surface area contributed by atoms with E-state index >= 15 is 0 Å². The minimum Gasteiger partial charge on any atom is -0.451 e. The lowest BCUT2D eigenvalue weighted by Crippen LogP contribution is -2.61. The number of carbonyl (C=O) groups is 5. The molecule has 50 heavy (non-hydrogen) atoms. The molecule has 5 rings (SSSR count). The van der Waals surface area contributed by atoms with Crippen LogP contribution in [0.1, 0.15) is 91.4 Å². The largest absolute Gasteiger partial charge is 0.451 e. The van der Waals surface area contributed by atoms with E-state index < -0.39 is 65.0 Å². The molecule has 0 radical (unpaired) electrons. The number of cyclic esters (lactones) is 1. The van der Waals surface area contributed by atoms with Crippen molar-refractivity contribution < 1.29 is 33.4 Å². The average Bonchev–Trinajstić information content (AvgIpc) is 3.07. The van der Waals surface area contributed by atoms with Crippen molar-refractivity contribution in [2.24, 2.45) is 11.3 Å². The van der Waals surface area contributed by atoms with Crippen molar-refractivity contribution in [3.63, 3.8) is 0 Å². The highest BCUT2D eigenvalue weighted by atomic mass is 16.6. The number of benzene rings is 1. The van der Waals surface area contributed by atoms with Gasteiger partial charge in [0.25, 0.3) is 11.8 Å². The van der Waals surface area contributed by atoms with Gasteiger partial charge in [0.2, 0.25) is 5.91 Å². The third-order valence-corrected chi connectivity index (χ3v) is 9.44. The van der Waals surface area contributed by atoms with E-state index in [9.17, 15) is 24.0 Å². The fourth-order valence-electron chi connectivity index (χ4n) is 6.44. The molecule has 3 aliphatic heterocycles. The lowest BCUT2D eigenvalue weighted by atomic mass is 9.77. The molecule has 3 N–H and O–H groups in total. The summed E-state index contributed by atoms with van der Waals surface area (Å²) in [7, 11) is 0. The van der Waals surface area contributed by atoms with E-state index in [0.717, 1.165) is 10.9 Å². The molecule has 0 aliphatic carbocycles. The highest BCUT2D eigenvalue weighted by molar-refractivity contribution is 5.92. The maximum Gasteiger partial charge on any atom is 0.410 e. The summed E-state index contributed by atoms with van der Waals surface area (Å²) in [5, 5.41) is 8.04. The van der Waals surface area contributed by atoms with Gasteiger partial charge in [0, 0.05) is 25.0 Å². The van der Waals surface area contributed by atoms with Crippen LogP contribution in [0.15, 0.2) is 36.4 Å². The molecule has 270 valence electrons. The van der Waals surface area contributed by atoms with Gasteiger partial charge in [-0.2, -0.15) is 0 Å². The Morgan fingerprint density at radius 1 is 0.980 bits per heavy atom. The molecule has 1 aromatic heterocycles. The summed E-state index contributed by atoms with van der Waals surface area (Å²) in [6.45, 7) is 13.2. The first-order valence-electron chi connectivity index (χ1n) is 17.5. The van der Waals surface area contributed by atoms with Crippen LogP contribution < -0.4 is 16.1 Å². The third-order valence-electron chi connectivity index (χ3n) is 9.44. The quantitative estimate of drug-likeness (QED) is 0.376. The molecule has 2 aromatic rings. The molecule has 4 amide bonds. The lowest BCUT2D eigenvalue weighted by molar-refractivity contribution is -0.168. The number of pyridine rings is 1. The van der Waals surface area contributed by atoms with Gasteiger partial charge in [0.05, 0.1) is 22.7 Å². The molecular weight excluding hydrogens is 640 g/mol. The fourth-order valence-corrected chi connectivity index (χ4v) is 6.44. The number of hydrazine groups is 1. The summed E-state index contributed by atoms with van der Waals surface area (Å²) in [4.78, 5) is 73.9. The van der Waals surface area contributed by atoms with Gasteiger partial charge in [0.15, 0.2) is 6.10 Å². The smallest absolute Gasteiger partial charge is 0.410 e. The van der Waals surface area contributed by atoms with Gasteiger partial charge in [-0.25, -0.2) is 10.2 Å². The average molecular weight is 691 g/mol. The van der Waals surface area contributed by atoms with Crippen molar-refractivity contribution >= 4 is 46.8 Å². The first-order chi connectivity index (χ1) is 23.5. The van der Waals surface area contributed by atoms with Gasteiger partial charge >= 0.3 is 12.1 Å². The maximum absolute atomic E-state index is 14.2. The third kappa shape index (κ3) is 8.43. The van der Waals surface area contributed by atoms with Crippen molar-refractivity contribution in [2.75, 3.05) is 19.6 Å². The van der Waals surface area contributed by atoms with E-state index in [4.69, 9.17) is 14.5 Å². The minimum absolute atomic E-state index is 0.245. The molecule has 4 atom stereocenters. The Morgan fingerprint density at radius 3 is 2.34 bits per heavy atom. The van der Waals surface area contributed by atoms with E-state index in [1.807, 2.05) is 43.3 Å². The number of hydrogen-bond acceptors (Lipinski definition) is 9. The summed E-state index contributed by atoms with van der Waals surface area (Å²) in [6, 6.07) is 7.60. The van der Waals surface area contributed by atoms with Gasteiger partial charge in [-0.05, 0) is 83.9 Å². The highest BCUT2D eigenvalue weighted by Gasteiger charge is 2.45. The minimum atomic E-state index is -1.18. The van der Waals surface area contributed by atoms with E-state index in [1.54, 1.807) is 52.5 Å². The fraction of sp³-hybridized carbons (Fsp3) is 0.568. The topological polar surface area (TPSA) is 159 Å². The van der Waals surface area contributed by atoms with E-state index in [0.29, 0.717) is 30.6 Å². The van der Waals surface area contributed by atoms with Crippen LogP contribution in [0.3, 0.4) is 0 Å². The normalized spacial score (nSPS) is 26.0. The number of nitrogens with zero attached hydrogens (tertiary/aromatic N) is 3. The number of amides is 4. The van der Waals surface area contributed by atoms with Gasteiger partial charge in [0.1, 0.15) is 17.7 Å². The maximum atomic E-state index is 14.2. The number of rotatable bonds is 1. The first kappa shape index (κ1) is 36.8. The van der Waals surface area contributed by atoms with Crippen LogP contribution in [0.4, 0.5) is 4.79 Å². The molecule has 1 spiro atoms. The van der Waals surface area contributed by atoms with Crippen LogP contribution in [0, 0.1) is 11.3 Å². The number of ether oxygens (including phenoxy) is 2. The molecule has 5 bridgehead atoms. The molecule has 1 aromatic carbocycles. The predicted octanol–water partition coefficient (Wildman–Crippen LogP) is 4.02. The van der Waals surface area contributed by atoms with Crippen molar-refractivity contribution in [1.29, 1.82) is 0 Å². The van der Waals surface area contributed by atoms with Crippen LogP contribution in [-0.4, -0.2) is 88.1 Å². The first-order valence-corrected chi connectivity index (χ1v) is 17.5. The molecule has 2 saturated heterocycles. The Hall–Kier alpha value is -4.52. The van der Waals surface area contributed by atoms with Crippen molar-refractivity contribution in [3.8, 4) is 0 Å². The number of esters is 1. The van der Waals surface area contributed by atoms with Crippen molar-refractivity contribution in [2.45, 2.75) is 104 Å². The zero-order valence-electron chi connectivity index (χ0n) is 30.1. The Morgan fingerprint density at radius 2 is 1.66 bits per heavy atom. The summed E-state index contributed by atoms with van der Waals surface area (Å²) in [5.74, 6) is -2.26. The Labute approximate surface area is 293 Å². The number of nitrogens with one attached hydrogen (secondary N) is 3. The molecule has 13 nitrogen and oxygen atoms in total. The Bertz CT molecular complexity index is 1660. The van der Waals surface area contributed by atoms with E-state index in [-0.39, 0.29) is 31.8 Å². The highest BCUT2D eigenvalue weighted by Crippen LogP contribution is 2.37. The molecular formula is C37H50N6O7. The molecule has 2 fully saturated rings. The summed E-state index contributed by atoms with van der Waals surface area (Å²) in [5.41, 5.74) is 3.40. The summed E-state index contributed by atoms with van der Waals surface area (Å²) >= 11 is 0. The molecule has 13 heteroatoms. The number of hydrogen-bond donors (Lipinski definition) is 3. The van der Waals surface area contributed by atoms with Crippen LogP contribution in [0.5, 0.6) is 0 Å². The number of carbonyl (C=O) groups excluding carboxylic acids is 5. The summed E-state index contributed by atoms with van der Waals surface area (Å²) in [6.07, 6.45) is 3.63. The second-order valence-electron chi connectivity index (χ2n) is 15.0. The van der Waals surface area contributed by atoms with Crippen LogP contribution >= 0.6 is 0 Å². The standard InChI is InChI=1S/C37H50N6O7/c1-22(2)30-32(45)39-24(4)33(46)43-18-8-9-28(41-43)31(44)38-23(3)27-13-12-26-11-10-25(21-29(26)40-27)14-15-37(34(47)49-30)16-19-42(20-17-37)35(48)50-36(5,6)7/h10-15,21-24,28,30,41H,8-9,16-20H2,1-7H3,(H,38,44)(H,39,45)/b15-14-/t23-,24+,28+,30+/m1/s1.